The molecule has 0 bridgehead atoms. The molecule has 1 atom stereocenters. The van der Waals surface area contributed by atoms with Crippen LogP contribution in [0.4, 0.5) is 0 Å². The van der Waals surface area contributed by atoms with Crippen molar-refractivity contribution in [1.29, 1.82) is 0 Å². The first kappa shape index (κ1) is 13.9. The molecule has 4 rings (SSSR count). The predicted octanol–water partition coefficient (Wildman–Crippen LogP) is 3.51. The van der Waals surface area contributed by atoms with Gasteiger partial charge in [-0.25, -0.2) is 0 Å². The van der Waals surface area contributed by atoms with Crippen LogP contribution in [0.2, 0.25) is 0 Å². The summed E-state index contributed by atoms with van der Waals surface area (Å²) in [5.41, 5.74) is 1.83. The number of pyridine rings is 1. The topological polar surface area (TPSA) is 56.5 Å². The van der Waals surface area contributed by atoms with Crippen LogP contribution in [0.25, 0.3) is 10.9 Å². The van der Waals surface area contributed by atoms with Crippen molar-refractivity contribution in [3.63, 3.8) is 0 Å². The minimum Gasteiger partial charge on any atom is -0.494 e. The van der Waals surface area contributed by atoms with Gasteiger partial charge in [0.25, 0.3) is 0 Å². The maximum atomic E-state index is 10.5. The molecule has 1 aliphatic heterocycles. The van der Waals surface area contributed by atoms with Gasteiger partial charge in [-0.2, -0.15) is 0 Å². The van der Waals surface area contributed by atoms with Gasteiger partial charge in [0.15, 0.2) is 11.5 Å². The van der Waals surface area contributed by atoms with Crippen LogP contribution < -0.4 is 9.47 Å². The molecule has 3 heterocycles. The molecule has 0 amide bonds. The zero-order valence-electron chi connectivity index (χ0n) is 12.9. The van der Waals surface area contributed by atoms with Crippen LogP contribution >= 0.6 is 0 Å². The quantitative estimate of drug-likeness (QED) is 0.787. The second-order valence-corrected chi connectivity index (χ2v) is 5.73. The fourth-order valence-electron chi connectivity index (χ4n) is 2.94. The lowest BCUT2D eigenvalue weighted by Gasteiger charge is -2.17. The molecule has 1 N–H and O–H groups in total. The average molecular weight is 310 g/mol. The maximum absolute atomic E-state index is 10.5. The largest absolute Gasteiger partial charge is 0.494 e. The zero-order chi connectivity index (χ0) is 15.8. The summed E-state index contributed by atoms with van der Waals surface area (Å²) in [6.07, 6.45) is 4.48. The number of rotatable bonds is 2. The first-order valence-electron chi connectivity index (χ1n) is 7.78. The van der Waals surface area contributed by atoms with Crippen molar-refractivity contribution in [2.24, 2.45) is 0 Å². The zero-order valence-corrected chi connectivity index (χ0v) is 12.9. The smallest absolute Gasteiger partial charge is 0.201 e. The Balaban J connectivity index is 1.74. The molecule has 1 aromatic carbocycles. The predicted molar refractivity (Wildman–Crippen MR) is 87.3 cm³/mol. The third-order valence-corrected chi connectivity index (χ3v) is 4.26. The fourth-order valence-corrected chi connectivity index (χ4v) is 2.94. The summed E-state index contributed by atoms with van der Waals surface area (Å²) in [4.78, 5) is 4.30. The molecule has 0 saturated heterocycles. The van der Waals surface area contributed by atoms with Crippen molar-refractivity contribution in [2.75, 3.05) is 13.2 Å². The Labute approximate surface area is 134 Å². The van der Waals surface area contributed by atoms with Crippen LogP contribution in [0.5, 0.6) is 17.4 Å². The van der Waals surface area contributed by atoms with Gasteiger partial charge in [0.05, 0.1) is 30.2 Å². The van der Waals surface area contributed by atoms with Gasteiger partial charge in [-0.15, -0.1) is 0 Å². The van der Waals surface area contributed by atoms with Crippen LogP contribution in [0.3, 0.4) is 0 Å². The number of benzene rings is 1. The molecular weight excluding hydrogens is 292 g/mol. The lowest BCUT2D eigenvalue weighted by molar-refractivity contribution is 0.297. The SMILES string of the molecule is CC(c1ccc2c(c1)OCCCO2)n1cc2ncccc2c1O. The minimum absolute atomic E-state index is 0.0404. The van der Waals surface area contributed by atoms with Crippen molar-refractivity contribution in [1.82, 2.24) is 9.55 Å². The van der Waals surface area contributed by atoms with Crippen LogP contribution in [0.1, 0.15) is 24.9 Å². The Bertz CT molecular complexity index is 857. The first-order valence-corrected chi connectivity index (χ1v) is 7.78. The molecule has 0 fully saturated rings. The Morgan fingerprint density at radius 3 is 2.83 bits per heavy atom. The molecule has 0 saturated carbocycles. The van der Waals surface area contributed by atoms with E-state index in [9.17, 15) is 5.11 Å². The fraction of sp³-hybridized carbons (Fsp3) is 0.278. The lowest BCUT2D eigenvalue weighted by atomic mass is 10.1. The molecule has 0 radical (unpaired) electrons. The lowest BCUT2D eigenvalue weighted by Crippen LogP contribution is -2.05. The van der Waals surface area contributed by atoms with Crippen LogP contribution in [0, 0.1) is 0 Å². The summed E-state index contributed by atoms with van der Waals surface area (Å²) in [6, 6.07) is 9.59. The summed E-state index contributed by atoms with van der Waals surface area (Å²) < 4.78 is 13.3. The second-order valence-electron chi connectivity index (χ2n) is 5.73. The number of aromatic nitrogens is 2. The van der Waals surface area contributed by atoms with E-state index >= 15 is 0 Å². The van der Waals surface area contributed by atoms with Gasteiger partial charge in [-0.3, -0.25) is 4.98 Å². The molecule has 118 valence electrons. The van der Waals surface area contributed by atoms with E-state index in [4.69, 9.17) is 9.47 Å². The number of fused-ring (bicyclic) bond motifs is 2. The Morgan fingerprint density at radius 1 is 1.17 bits per heavy atom. The Kier molecular flexibility index (Phi) is 3.33. The Morgan fingerprint density at radius 2 is 2.00 bits per heavy atom. The summed E-state index contributed by atoms with van der Waals surface area (Å²) in [6.45, 7) is 3.38. The van der Waals surface area contributed by atoms with Crippen molar-refractivity contribution >= 4 is 10.9 Å². The van der Waals surface area contributed by atoms with Crippen molar-refractivity contribution in [2.45, 2.75) is 19.4 Å². The minimum atomic E-state index is -0.0404. The standard InChI is InChI=1S/C18H18N2O3/c1-12(20-11-15-14(18(20)21)4-2-7-19-15)13-5-6-16-17(10-13)23-9-3-8-22-16/h2,4-7,10-12,21H,3,8-9H2,1H3. The van der Waals surface area contributed by atoms with Gasteiger partial charge >= 0.3 is 0 Å². The number of nitrogens with zero attached hydrogens (tertiary/aromatic N) is 2. The number of ether oxygens (including phenoxy) is 2. The van der Waals surface area contributed by atoms with Crippen LogP contribution in [-0.2, 0) is 0 Å². The first-order chi connectivity index (χ1) is 11.2. The molecule has 1 aliphatic rings. The summed E-state index contributed by atoms with van der Waals surface area (Å²) in [5, 5.41) is 11.2. The summed E-state index contributed by atoms with van der Waals surface area (Å²) >= 11 is 0. The van der Waals surface area contributed by atoms with E-state index in [2.05, 4.69) is 4.98 Å². The molecule has 5 nitrogen and oxygen atoms in total. The highest BCUT2D eigenvalue weighted by Gasteiger charge is 2.18. The number of hydrogen-bond acceptors (Lipinski definition) is 4. The molecule has 5 heteroatoms. The summed E-state index contributed by atoms with van der Waals surface area (Å²) in [7, 11) is 0. The number of aromatic hydroxyl groups is 1. The highest BCUT2D eigenvalue weighted by atomic mass is 16.5. The normalized spacial score (nSPS) is 15.3. The van der Waals surface area contributed by atoms with E-state index in [0.29, 0.717) is 13.2 Å². The van der Waals surface area contributed by atoms with Crippen LogP contribution in [0.15, 0.2) is 42.7 Å². The van der Waals surface area contributed by atoms with Crippen molar-refractivity contribution in [3.8, 4) is 17.4 Å². The van der Waals surface area contributed by atoms with Gasteiger partial charge in [0, 0.05) is 18.8 Å². The van der Waals surface area contributed by atoms with Crippen molar-refractivity contribution in [3.05, 3.63) is 48.3 Å². The average Bonchev–Trinajstić information content (AvgIpc) is 2.77. The van der Waals surface area contributed by atoms with Crippen LogP contribution in [-0.4, -0.2) is 27.9 Å². The molecule has 0 spiro atoms. The molecule has 23 heavy (non-hydrogen) atoms. The third kappa shape index (κ3) is 2.38. The van der Waals surface area contributed by atoms with E-state index < -0.39 is 0 Å². The highest BCUT2D eigenvalue weighted by molar-refractivity contribution is 5.84. The maximum Gasteiger partial charge on any atom is 0.201 e. The van der Waals surface area contributed by atoms with Gasteiger partial charge in [0.2, 0.25) is 5.88 Å². The molecule has 2 aromatic heterocycles. The second kappa shape index (κ2) is 5.50. The van der Waals surface area contributed by atoms with E-state index in [-0.39, 0.29) is 11.9 Å². The van der Waals surface area contributed by atoms with E-state index in [1.165, 1.54) is 0 Å². The van der Waals surface area contributed by atoms with Gasteiger partial charge in [-0.1, -0.05) is 6.07 Å². The summed E-state index contributed by atoms with van der Waals surface area (Å²) in [5.74, 6) is 1.77. The van der Waals surface area contributed by atoms with E-state index in [0.717, 1.165) is 34.4 Å². The molecule has 3 aromatic rings. The van der Waals surface area contributed by atoms with Gasteiger partial charge in [0.1, 0.15) is 0 Å². The van der Waals surface area contributed by atoms with Gasteiger partial charge in [-0.05, 0) is 36.8 Å². The van der Waals surface area contributed by atoms with E-state index in [1.54, 1.807) is 6.20 Å². The van der Waals surface area contributed by atoms with Crippen molar-refractivity contribution < 1.29 is 14.6 Å². The Hall–Kier alpha value is -2.69. The highest BCUT2D eigenvalue weighted by Crippen LogP contribution is 2.36. The third-order valence-electron chi connectivity index (χ3n) is 4.26. The molecular formula is C18H18N2O3. The molecule has 1 unspecified atom stereocenters. The number of hydrogen-bond donors (Lipinski definition) is 1. The van der Waals surface area contributed by atoms with E-state index in [1.807, 2.05) is 48.0 Å². The van der Waals surface area contributed by atoms with Gasteiger partial charge < -0.3 is 19.1 Å². The monoisotopic (exact) mass is 310 g/mol. The molecule has 0 aliphatic carbocycles.